The van der Waals surface area contributed by atoms with Crippen LogP contribution in [0.3, 0.4) is 0 Å². The van der Waals surface area contributed by atoms with Crippen molar-refractivity contribution < 1.29 is 4.79 Å². The first-order valence-electron chi connectivity index (χ1n) is 8.57. The van der Waals surface area contributed by atoms with Crippen LogP contribution in [0, 0.1) is 5.92 Å². The van der Waals surface area contributed by atoms with Crippen molar-refractivity contribution in [1.82, 2.24) is 25.3 Å². The summed E-state index contributed by atoms with van der Waals surface area (Å²) in [4.78, 5) is 13.9. The van der Waals surface area contributed by atoms with E-state index in [-0.39, 0.29) is 6.03 Å². The van der Waals surface area contributed by atoms with E-state index >= 15 is 0 Å². The van der Waals surface area contributed by atoms with Gasteiger partial charge in [0.15, 0.2) is 0 Å². The van der Waals surface area contributed by atoms with Gasteiger partial charge in [-0.2, -0.15) is 5.10 Å². The van der Waals surface area contributed by atoms with Gasteiger partial charge >= 0.3 is 6.03 Å². The van der Waals surface area contributed by atoms with Crippen molar-refractivity contribution in [3.63, 3.8) is 0 Å². The number of urea groups is 1. The minimum atomic E-state index is -0.0668. The van der Waals surface area contributed by atoms with Gasteiger partial charge in [-0.15, -0.1) is 0 Å². The molecule has 1 saturated heterocycles. The average molecular weight is 327 g/mol. The van der Waals surface area contributed by atoms with Gasteiger partial charge in [-0.3, -0.25) is 4.90 Å². The SMILES string of the molecule is CCNC(=O)NCC1CCN(Cc2cccc(-n3cccn3)c2)C1. The summed E-state index contributed by atoms with van der Waals surface area (Å²) in [6.45, 7) is 6.37. The van der Waals surface area contributed by atoms with Gasteiger partial charge in [0, 0.05) is 38.6 Å². The smallest absolute Gasteiger partial charge is 0.314 e. The topological polar surface area (TPSA) is 62.2 Å². The van der Waals surface area contributed by atoms with Crippen LogP contribution in [0.25, 0.3) is 5.69 Å². The quantitative estimate of drug-likeness (QED) is 0.853. The molecule has 2 amide bonds. The Morgan fingerprint density at radius 1 is 1.33 bits per heavy atom. The number of aromatic nitrogens is 2. The summed E-state index contributed by atoms with van der Waals surface area (Å²) < 4.78 is 1.88. The van der Waals surface area contributed by atoms with E-state index in [1.54, 1.807) is 6.20 Å². The molecule has 6 heteroatoms. The summed E-state index contributed by atoms with van der Waals surface area (Å²) in [6, 6.07) is 10.4. The second-order valence-corrected chi connectivity index (χ2v) is 6.25. The highest BCUT2D eigenvalue weighted by atomic mass is 16.2. The molecule has 2 N–H and O–H groups in total. The molecule has 0 radical (unpaired) electrons. The number of likely N-dealkylation sites (tertiary alicyclic amines) is 1. The van der Waals surface area contributed by atoms with Gasteiger partial charge in [-0.05, 0) is 49.6 Å². The molecular formula is C18H25N5O. The molecule has 3 rings (SSSR count). The monoisotopic (exact) mass is 327 g/mol. The Kier molecular flexibility index (Phi) is 5.48. The Balaban J connectivity index is 1.51. The molecule has 1 unspecified atom stereocenters. The highest BCUT2D eigenvalue weighted by Crippen LogP contribution is 2.19. The summed E-state index contributed by atoms with van der Waals surface area (Å²) in [5.74, 6) is 0.530. The van der Waals surface area contributed by atoms with Crippen LogP contribution in [0.15, 0.2) is 42.7 Å². The molecule has 1 aromatic carbocycles. The van der Waals surface area contributed by atoms with E-state index < -0.39 is 0 Å². The lowest BCUT2D eigenvalue weighted by Crippen LogP contribution is -2.38. The second kappa shape index (κ2) is 7.97. The first-order chi connectivity index (χ1) is 11.7. The number of hydrogen-bond acceptors (Lipinski definition) is 3. The summed E-state index contributed by atoms with van der Waals surface area (Å²) in [6.07, 6.45) is 4.88. The van der Waals surface area contributed by atoms with Crippen molar-refractivity contribution in [2.75, 3.05) is 26.2 Å². The lowest BCUT2D eigenvalue weighted by atomic mass is 10.1. The van der Waals surface area contributed by atoms with Crippen LogP contribution in [0.2, 0.25) is 0 Å². The third kappa shape index (κ3) is 4.35. The maximum absolute atomic E-state index is 11.5. The molecule has 1 fully saturated rings. The van der Waals surface area contributed by atoms with Crippen LogP contribution < -0.4 is 10.6 Å². The van der Waals surface area contributed by atoms with Gasteiger partial charge in [0.1, 0.15) is 0 Å². The summed E-state index contributed by atoms with van der Waals surface area (Å²) in [5.41, 5.74) is 2.38. The van der Waals surface area contributed by atoms with E-state index in [4.69, 9.17) is 0 Å². The summed E-state index contributed by atoms with van der Waals surface area (Å²) in [5, 5.41) is 10.0. The van der Waals surface area contributed by atoms with Crippen LogP contribution in [0.5, 0.6) is 0 Å². The Hall–Kier alpha value is -2.34. The van der Waals surface area contributed by atoms with E-state index in [1.165, 1.54) is 5.56 Å². The van der Waals surface area contributed by atoms with E-state index in [9.17, 15) is 4.79 Å². The molecule has 1 aliphatic rings. The lowest BCUT2D eigenvalue weighted by Gasteiger charge is -2.17. The highest BCUT2D eigenvalue weighted by molar-refractivity contribution is 5.73. The third-order valence-corrected chi connectivity index (χ3v) is 4.34. The fourth-order valence-electron chi connectivity index (χ4n) is 3.16. The molecule has 0 aliphatic carbocycles. The lowest BCUT2D eigenvalue weighted by molar-refractivity contribution is 0.239. The molecule has 0 bridgehead atoms. The number of amides is 2. The predicted molar refractivity (Wildman–Crippen MR) is 94.0 cm³/mol. The second-order valence-electron chi connectivity index (χ2n) is 6.25. The summed E-state index contributed by atoms with van der Waals surface area (Å²) >= 11 is 0. The molecular weight excluding hydrogens is 302 g/mol. The molecule has 128 valence electrons. The van der Waals surface area contributed by atoms with E-state index in [1.807, 2.05) is 23.9 Å². The van der Waals surface area contributed by atoms with Gasteiger partial charge in [0.25, 0.3) is 0 Å². The van der Waals surface area contributed by atoms with Gasteiger partial charge in [-0.25, -0.2) is 9.48 Å². The fraction of sp³-hybridized carbons (Fsp3) is 0.444. The van der Waals surface area contributed by atoms with Crippen LogP contribution >= 0.6 is 0 Å². The van der Waals surface area contributed by atoms with E-state index in [2.05, 4.69) is 44.9 Å². The number of nitrogens with zero attached hydrogens (tertiary/aromatic N) is 3. The number of benzene rings is 1. The zero-order valence-corrected chi connectivity index (χ0v) is 14.1. The molecule has 2 aromatic rings. The zero-order valence-electron chi connectivity index (χ0n) is 14.1. The van der Waals surface area contributed by atoms with Gasteiger partial charge in [-0.1, -0.05) is 12.1 Å². The van der Waals surface area contributed by atoms with Crippen LogP contribution in [-0.4, -0.2) is 46.9 Å². The minimum Gasteiger partial charge on any atom is -0.338 e. The normalized spacial score (nSPS) is 17.8. The van der Waals surface area contributed by atoms with Crippen molar-refractivity contribution in [2.45, 2.75) is 19.9 Å². The predicted octanol–water partition coefficient (Wildman–Crippen LogP) is 2.01. The molecule has 6 nitrogen and oxygen atoms in total. The van der Waals surface area contributed by atoms with Crippen molar-refractivity contribution >= 4 is 6.03 Å². The standard InChI is InChI=1S/C18H25N5O/c1-2-19-18(24)20-12-16-7-10-22(14-16)13-15-5-3-6-17(11-15)23-9-4-8-21-23/h3-6,8-9,11,16H,2,7,10,12-14H2,1H3,(H2,19,20,24). The van der Waals surface area contributed by atoms with Crippen molar-refractivity contribution in [3.05, 3.63) is 48.3 Å². The number of rotatable bonds is 6. The molecule has 0 spiro atoms. The maximum Gasteiger partial charge on any atom is 0.314 e. The average Bonchev–Trinajstić information content (AvgIpc) is 3.25. The minimum absolute atomic E-state index is 0.0668. The van der Waals surface area contributed by atoms with Gasteiger partial charge in [0.05, 0.1) is 5.69 Å². The Morgan fingerprint density at radius 2 is 2.25 bits per heavy atom. The van der Waals surface area contributed by atoms with Gasteiger partial charge < -0.3 is 10.6 Å². The largest absolute Gasteiger partial charge is 0.338 e. The van der Waals surface area contributed by atoms with E-state index in [0.29, 0.717) is 12.5 Å². The van der Waals surface area contributed by atoms with E-state index in [0.717, 1.165) is 38.3 Å². The highest BCUT2D eigenvalue weighted by Gasteiger charge is 2.22. The van der Waals surface area contributed by atoms with Crippen LogP contribution in [0.1, 0.15) is 18.9 Å². The molecule has 1 atom stereocenters. The van der Waals surface area contributed by atoms with Crippen LogP contribution in [0.4, 0.5) is 4.79 Å². The Labute approximate surface area is 142 Å². The first kappa shape index (κ1) is 16.5. The Morgan fingerprint density at radius 3 is 3.04 bits per heavy atom. The number of carbonyl (C=O) groups excluding carboxylic acids is 1. The van der Waals surface area contributed by atoms with Crippen molar-refractivity contribution in [2.24, 2.45) is 5.92 Å². The first-order valence-corrected chi connectivity index (χ1v) is 8.57. The maximum atomic E-state index is 11.5. The molecule has 2 heterocycles. The van der Waals surface area contributed by atoms with Crippen molar-refractivity contribution in [1.29, 1.82) is 0 Å². The number of nitrogens with one attached hydrogen (secondary N) is 2. The molecule has 1 aliphatic heterocycles. The van der Waals surface area contributed by atoms with Crippen molar-refractivity contribution in [3.8, 4) is 5.69 Å². The fourth-order valence-corrected chi connectivity index (χ4v) is 3.16. The third-order valence-electron chi connectivity index (χ3n) is 4.34. The summed E-state index contributed by atoms with van der Waals surface area (Å²) in [7, 11) is 0. The van der Waals surface area contributed by atoms with Gasteiger partial charge in [0.2, 0.25) is 0 Å². The number of carbonyl (C=O) groups is 1. The number of hydrogen-bond donors (Lipinski definition) is 2. The zero-order chi connectivity index (χ0) is 16.8. The Bertz CT molecular complexity index is 655. The molecule has 0 saturated carbocycles. The molecule has 24 heavy (non-hydrogen) atoms. The van der Waals surface area contributed by atoms with Crippen LogP contribution in [-0.2, 0) is 6.54 Å². The molecule has 1 aromatic heterocycles.